The van der Waals surface area contributed by atoms with E-state index in [0.717, 1.165) is 6.07 Å². The van der Waals surface area contributed by atoms with Crippen molar-refractivity contribution in [2.45, 2.75) is 5.92 Å². The molecular formula is C16H10O6. The van der Waals surface area contributed by atoms with Crippen LogP contribution < -0.4 is 4.74 Å². The predicted octanol–water partition coefficient (Wildman–Crippen LogP) is 1.71. The van der Waals surface area contributed by atoms with Crippen LogP contribution in [-0.2, 0) is 9.59 Å². The minimum atomic E-state index is -1.70. The van der Waals surface area contributed by atoms with Crippen molar-refractivity contribution >= 4 is 17.7 Å². The SMILES string of the molecule is O=C(O)C(=O)c1cc2c(cc1O)C(c1ccccc1)C(=O)O2. The Hall–Kier alpha value is -3.15. The van der Waals surface area contributed by atoms with Gasteiger partial charge in [0.1, 0.15) is 17.4 Å². The molecule has 0 radical (unpaired) electrons. The first kappa shape index (κ1) is 13.8. The number of aromatic hydroxyl groups is 1. The van der Waals surface area contributed by atoms with Crippen LogP contribution in [0.2, 0.25) is 0 Å². The van der Waals surface area contributed by atoms with Crippen molar-refractivity contribution in [1.82, 2.24) is 0 Å². The Morgan fingerprint density at radius 2 is 1.77 bits per heavy atom. The third-order valence-corrected chi connectivity index (χ3v) is 3.46. The van der Waals surface area contributed by atoms with Crippen molar-refractivity contribution in [2.75, 3.05) is 0 Å². The Balaban J connectivity index is 2.11. The van der Waals surface area contributed by atoms with E-state index in [9.17, 15) is 19.5 Å². The van der Waals surface area contributed by atoms with Gasteiger partial charge in [-0.15, -0.1) is 0 Å². The third-order valence-electron chi connectivity index (χ3n) is 3.46. The van der Waals surface area contributed by atoms with Gasteiger partial charge in [0, 0.05) is 5.56 Å². The highest BCUT2D eigenvalue weighted by Crippen LogP contribution is 2.42. The molecule has 1 unspecified atom stereocenters. The molecule has 1 heterocycles. The summed E-state index contributed by atoms with van der Waals surface area (Å²) in [6.45, 7) is 0. The number of carboxylic acid groups (broad SMARTS) is 1. The molecule has 0 aliphatic carbocycles. The van der Waals surface area contributed by atoms with Crippen molar-refractivity contribution in [1.29, 1.82) is 0 Å². The van der Waals surface area contributed by atoms with Gasteiger partial charge < -0.3 is 14.9 Å². The lowest BCUT2D eigenvalue weighted by Gasteiger charge is -2.08. The summed E-state index contributed by atoms with van der Waals surface area (Å²) >= 11 is 0. The number of ketones is 1. The molecule has 0 spiro atoms. The maximum absolute atomic E-state index is 12.1. The summed E-state index contributed by atoms with van der Waals surface area (Å²) in [4.78, 5) is 34.3. The van der Waals surface area contributed by atoms with Gasteiger partial charge in [-0.05, 0) is 17.7 Å². The number of phenols is 1. The second kappa shape index (κ2) is 5.00. The number of carboxylic acids is 1. The van der Waals surface area contributed by atoms with Crippen LogP contribution in [0.15, 0.2) is 42.5 Å². The predicted molar refractivity (Wildman–Crippen MR) is 74.0 cm³/mol. The highest BCUT2D eigenvalue weighted by atomic mass is 16.5. The zero-order valence-electron chi connectivity index (χ0n) is 11.1. The van der Waals surface area contributed by atoms with Crippen molar-refractivity contribution in [3.8, 4) is 11.5 Å². The molecule has 6 heteroatoms. The third kappa shape index (κ3) is 2.10. The van der Waals surface area contributed by atoms with Gasteiger partial charge >= 0.3 is 11.9 Å². The first-order chi connectivity index (χ1) is 10.5. The van der Waals surface area contributed by atoms with Gasteiger partial charge in [-0.2, -0.15) is 0 Å². The number of Topliss-reactive ketones (excluding diaryl/α,β-unsaturated/α-hetero) is 1. The minimum absolute atomic E-state index is 0.0845. The molecule has 0 amide bonds. The van der Waals surface area contributed by atoms with E-state index in [2.05, 4.69) is 0 Å². The largest absolute Gasteiger partial charge is 0.507 e. The molecule has 1 aliphatic heterocycles. The number of hydrogen-bond donors (Lipinski definition) is 2. The molecule has 6 nitrogen and oxygen atoms in total. The molecule has 0 aromatic heterocycles. The van der Waals surface area contributed by atoms with E-state index < -0.39 is 35.0 Å². The van der Waals surface area contributed by atoms with Crippen molar-refractivity contribution in [3.05, 3.63) is 59.2 Å². The first-order valence-corrected chi connectivity index (χ1v) is 6.40. The summed E-state index contributed by atoms with van der Waals surface area (Å²) in [6.07, 6.45) is 0. The molecule has 2 aromatic rings. The van der Waals surface area contributed by atoms with Crippen LogP contribution in [0.1, 0.15) is 27.4 Å². The summed E-state index contributed by atoms with van der Waals surface area (Å²) in [5.74, 6) is -4.62. The average Bonchev–Trinajstić information content (AvgIpc) is 2.81. The van der Waals surface area contributed by atoms with Crippen LogP contribution in [0.25, 0.3) is 0 Å². The summed E-state index contributed by atoms with van der Waals surface area (Å²) in [5.41, 5.74) is 0.673. The van der Waals surface area contributed by atoms with Crippen molar-refractivity contribution < 1.29 is 29.3 Å². The topological polar surface area (TPSA) is 101 Å². The fraction of sp³-hybridized carbons (Fsp3) is 0.0625. The molecule has 110 valence electrons. The number of esters is 1. The molecule has 0 bridgehead atoms. The molecule has 2 N–H and O–H groups in total. The van der Waals surface area contributed by atoms with Crippen LogP contribution in [0.5, 0.6) is 11.5 Å². The Morgan fingerprint density at radius 3 is 2.41 bits per heavy atom. The Morgan fingerprint density at radius 1 is 1.09 bits per heavy atom. The van der Waals surface area contributed by atoms with Gasteiger partial charge in [0.2, 0.25) is 0 Å². The minimum Gasteiger partial charge on any atom is -0.507 e. The van der Waals surface area contributed by atoms with E-state index in [1.807, 2.05) is 0 Å². The quantitative estimate of drug-likeness (QED) is 0.387. The normalized spacial score (nSPS) is 16.0. The molecule has 3 rings (SSSR count). The molecule has 22 heavy (non-hydrogen) atoms. The Kier molecular flexibility index (Phi) is 3.14. The fourth-order valence-corrected chi connectivity index (χ4v) is 2.45. The second-order valence-electron chi connectivity index (χ2n) is 4.81. The van der Waals surface area contributed by atoms with E-state index in [1.54, 1.807) is 30.3 Å². The van der Waals surface area contributed by atoms with Crippen LogP contribution in [0.3, 0.4) is 0 Å². The number of carbonyl (C=O) groups is 3. The lowest BCUT2D eigenvalue weighted by molar-refractivity contribution is -0.133. The molecule has 0 saturated carbocycles. The molecule has 0 fully saturated rings. The number of hydrogen-bond acceptors (Lipinski definition) is 5. The molecule has 1 atom stereocenters. The van der Waals surface area contributed by atoms with Crippen molar-refractivity contribution in [2.24, 2.45) is 0 Å². The average molecular weight is 298 g/mol. The standard InChI is InChI=1S/C16H10O6/c17-11-6-10-12(7-9(11)14(18)15(19)20)22-16(21)13(10)8-4-2-1-3-5-8/h1-7,13,17H,(H,19,20). The fourth-order valence-electron chi connectivity index (χ4n) is 2.45. The Labute approximate surface area is 124 Å². The van der Waals surface area contributed by atoms with Gasteiger partial charge in [-0.25, -0.2) is 4.79 Å². The number of ether oxygens (including phenoxy) is 1. The van der Waals surface area contributed by atoms with Crippen LogP contribution in [0, 0.1) is 0 Å². The number of rotatable bonds is 3. The highest BCUT2D eigenvalue weighted by Gasteiger charge is 2.36. The summed E-state index contributed by atoms with van der Waals surface area (Å²) in [6, 6.07) is 11.1. The number of fused-ring (bicyclic) bond motifs is 1. The molecule has 2 aromatic carbocycles. The summed E-state index contributed by atoms with van der Waals surface area (Å²) in [5, 5.41) is 18.6. The lowest BCUT2D eigenvalue weighted by Crippen LogP contribution is -2.13. The van der Waals surface area contributed by atoms with E-state index >= 15 is 0 Å². The molecule has 1 aliphatic rings. The van der Waals surface area contributed by atoms with Gasteiger partial charge in [-0.3, -0.25) is 9.59 Å². The van der Waals surface area contributed by atoms with Crippen LogP contribution in [-0.4, -0.2) is 27.9 Å². The maximum Gasteiger partial charge on any atom is 0.377 e. The lowest BCUT2D eigenvalue weighted by atomic mass is 9.91. The zero-order chi connectivity index (χ0) is 15.9. The van der Waals surface area contributed by atoms with E-state index in [0.29, 0.717) is 11.1 Å². The Bertz CT molecular complexity index is 794. The summed E-state index contributed by atoms with van der Waals surface area (Å²) in [7, 11) is 0. The first-order valence-electron chi connectivity index (χ1n) is 6.40. The molecule has 0 saturated heterocycles. The second-order valence-corrected chi connectivity index (χ2v) is 4.81. The van der Waals surface area contributed by atoms with E-state index in [-0.39, 0.29) is 5.75 Å². The van der Waals surface area contributed by atoms with Crippen LogP contribution in [0.4, 0.5) is 0 Å². The van der Waals surface area contributed by atoms with Gasteiger partial charge in [0.25, 0.3) is 5.78 Å². The monoisotopic (exact) mass is 298 g/mol. The smallest absolute Gasteiger partial charge is 0.377 e. The molecular weight excluding hydrogens is 288 g/mol. The summed E-state index contributed by atoms with van der Waals surface area (Å²) < 4.78 is 5.10. The van der Waals surface area contributed by atoms with Crippen LogP contribution >= 0.6 is 0 Å². The van der Waals surface area contributed by atoms with Gasteiger partial charge in [0.15, 0.2) is 0 Å². The highest BCUT2D eigenvalue weighted by molar-refractivity contribution is 6.40. The van der Waals surface area contributed by atoms with E-state index in [1.165, 1.54) is 6.07 Å². The number of benzene rings is 2. The van der Waals surface area contributed by atoms with Crippen molar-refractivity contribution in [3.63, 3.8) is 0 Å². The zero-order valence-corrected chi connectivity index (χ0v) is 11.1. The van der Waals surface area contributed by atoms with Gasteiger partial charge in [-0.1, -0.05) is 30.3 Å². The number of phenolic OH excluding ortho intramolecular Hbond substituents is 1. The van der Waals surface area contributed by atoms with Gasteiger partial charge in [0.05, 0.1) is 5.56 Å². The number of aliphatic carboxylic acids is 1. The number of carbonyl (C=O) groups excluding carboxylic acids is 2. The van der Waals surface area contributed by atoms with E-state index in [4.69, 9.17) is 9.84 Å². The maximum atomic E-state index is 12.1.